The van der Waals surface area contributed by atoms with Gasteiger partial charge in [0.05, 0.1) is 11.4 Å². The summed E-state index contributed by atoms with van der Waals surface area (Å²) in [6.45, 7) is 1.99. The summed E-state index contributed by atoms with van der Waals surface area (Å²) in [6.07, 6.45) is 5.02. The maximum Gasteiger partial charge on any atom is 0.227 e. The van der Waals surface area contributed by atoms with Gasteiger partial charge in [-0.15, -0.1) is 5.10 Å². The van der Waals surface area contributed by atoms with Gasteiger partial charge in [0.1, 0.15) is 5.78 Å². The molecule has 2 aliphatic carbocycles. The Hall–Kier alpha value is -2.57. The first-order chi connectivity index (χ1) is 12.7. The van der Waals surface area contributed by atoms with E-state index in [0.29, 0.717) is 30.7 Å². The highest BCUT2D eigenvalue weighted by atomic mass is 16.2. The van der Waals surface area contributed by atoms with Crippen molar-refractivity contribution in [3.8, 4) is 5.69 Å². The maximum atomic E-state index is 12.9. The summed E-state index contributed by atoms with van der Waals surface area (Å²) in [5, 5.41) is 14.9. The number of hydrogen-bond acceptors (Lipinski definition) is 5. The number of nitrogens with zero attached hydrogens (tertiary/aromatic N) is 4. The molecular weight excluding hydrogens is 330 g/mol. The van der Waals surface area contributed by atoms with Gasteiger partial charge in [0.15, 0.2) is 5.82 Å². The Morgan fingerprint density at radius 1 is 1.23 bits per heavy atom. The quantitative estimate of drug-likeness (QED) is 0.912. The monoisotopic (exact) mass is 353 g/mol. The third-order valence-corrected chi connectivity index (χ3v) is 5.66. The first-order valence-corrected chi connectivity index (χ1v) is 9.38. The van der Waals surface area contributed by atoms with Crippen LogP contribution in [-0.4, -0.2) is 31.9 Å². The summed E-state index contributed by atoms with van der Waals surface area (Å²) in [4.78, 5) is 25.2. The van der Waals surface area contributed by atoms with E-state index in [-0.39, 0.29) is 23.7 Å². The van der Waals surface area contributed by atoms with Crippen molar-refractivity contribution in [3.05, 3.63) is 30.1 Å². The van der Waals surface area contributed by atoms with Crippen molar-refractivity contribution in [3.63, 3.8) is 0 Å². The van der Waals surface area contributed by atoms with E-state index in [1.54, 1.807) is 4.68 Å². The predicted octanol–water partition coefficient (Wildman–Crippen LogP) is 2.56. The summed E-state index contributed by atoms with van der Waals surface area (Å²) in [5.41, 5.74) is 1.45. The van der Waals surface area contributed by atoms with E-state index in [0.717, 1.165) is 30.8 Å². The summed E-state index contributed by atoms with van der Waals surface area (Å²) >= 11 is 0. The van der Waals surface area contributed by atoms with E-state index in [1.807, 2.05) is 31.2 Å². The topological polar surface area (TPSA) is 89.8 Å². The van der Waals surface area contributed by atoms with Crippen LogP contribution in [0.2, 0.25) is 0 Å². The largest absolute Gasteiger partial charge is 0.324 e. The van der Waals surface area contributed by atoms with Gasteiger partial charge in [-0.1, -0.05) is 25.5 Å². The van der Waals surface area contributed by atoms with Crippen LogP contribution in [0.25, 0.3) is 5.69 Å². The highest BCUT2D eigenvalue weighted by Crippen LogP contribution is 2.40. The molecular formula is C19H23N5O2. The standard InChI is InChI=1S/C19H23N5O2/c1-2-17-21-22-23-24(17)16-9-4-3-8-15(16)20-19(26)14-10-12-6-5-7-13(11-14)18(12)25/h3-4,8-9,12-14H,2,5-7,10-11H2,1H3,(H,20,26). The Bertz CT molecular complexity index is 815. The first kappa shape index (κ1) is 16.9. The van der Waals surface area contributed by atoms with E-state index >= 15 is 0 Å². The number of carbonyl (C=O) groups excluding carboxylic acids is 2. The van der Waals surface area contributed by atoms with Crippen molar-refractivity contribution in [2.24, 2.45) is 17.8 Å². The molecule has 7 heteroatoms. The number of nitrogens with one attached hydrogen (secondary N) is 1. The van der Waals surface area contributed by atoms with Gasteiger partial charge in [-0.2, -0.15) is 4.68 Å². The van der Waals surface area contributed by atoms with Crippen LogP contribution in [0, 0.1) is 17.8 Å². The Morgan fingerprint density at radius 3 is 2.69 bits per heavy atom. The SMILES string of the molecule is CCc1nnnn1-c1ccccc1NC(=O)C1CC2CCCC(C1)C2=O. The average Bonchev–Trinajstić information content (AvgIpc) is 3.10. The Morgan fingerprint density at radius 2 is 1.96 bits per heavy atom. The fourth-order valence-corrected chi connectivity index (χ4v) is 4.31. The number of hydrogen-bond donors (Lipinski definition) is 1. The molecule has 0 radical (unpaired) electrons. The second kappa shape index (κ2) is 6.97. The molecule has 2 saturated carbocycles. The number of aryl methyl sites for hydroxylation is 1. The molecule has 2 unspecified atom stereocenters. The number of aromatic nitrogens is 4. The zero-order valence-electron chi connectivity index (χ0n) is 14.9. The van der Waals surface area contributed by atoms with Crippen molar-refractivity contribution in [2.75, 3.05) is 5.32 Å². The lowest BCUT2D eigenvalue weighted by atomic mass is 9.67. The van der Waals surface area contributed by atoms with E-state index in [4.69, 9.17) is 0 Å². The van der Waals surface area contributed by atoms with Gasteiger partial charge in [-0.25, -0.2) is 0 Å². The highest BCUT2D eigenvalue weighted by Gasteiger charge is 2.41. The lowest BCUT2D eigenvalue weighted by molar-refractivity contribution is -0.136. The number of rotatable bonds is 4. The lowest BCUT2D eigenvalue weighted by Crippen LogP contribution is -2.40. The van der Waals surface area contributed by atoms with Gasteiger partial charge in [0.25, 0.3) is 0 Å². The smallest absolute Gasteiger partial charge is 0.227 e. The molecule has 2 fully saturated rings. The van der Waals surface area contributed by atoms with Crippen LogP contribution < -0.4 is 5.32 Å². The van der Waals surface area contributed by atoms with Gasteiger partial charge in [0.2, 0.25) is 5.91 Å². The molecule has 1 heterocycles. The second-order valence-electron chi connectivity index (χ2n) is 7.26. The van der Waals surface area contributed by atoms with Gasteiger partial charge in [-0.05, 0) is 48.2 Å². The number of para-hydroxylation sites is 2. The third-order valence-electron chi connectivity index (χ3n) is 5.66. The van der Waals surface area contributed by atoms with Gasteiger partial charge in [-0.3, -0.25) is 9.59 Å². The van der Waals surface area contributed by atoms with Crippen LogP contribution in [0.3, 0.4) is 0 Å². The van der Waals surface area contributed by atoms with Crippen LogP contribution in [0.5, 0.6) is 0 Å². The molecule has 2 aliphatic rings. The number of carbonyl (C=O) groups is 2. The van der Waals surface area contributed by atoms with Crippen molar-refractivity contribution < 1.29 is 9.59 Å². The van der Waals surface area contributed by atoms with E-state index in [9.17, 15) is 9.59 Å². The molecule has 1 aromatic heterocycles. The number of fused-ring (bicyclic) bond motifs is 2. The van der Waals surface area contributed by atoms with E-state index in [1.165, 1.54) is 0 Å². The van der Waals surface area contributed by atoms with Crippen molar-refractivity contribution in [1.29, 1.82) is 0 Å². The van der Waals surface area contributed by atoms with Crippen LogP contribution >= 0.6 is 0 Å². The molecule has 136 valence electrons. The minimum absolute atomic E-state index is 0.00651. The minimum Gasteiger partial charge on any atom is -0.324 e. The Labute approximate surface area is 152 Å². The molecule has 1 N–H and O–H groups in total. The number of benzene rings is 1. The molecule has 0 saturated heterocycles. The van der Waals surface area contributed by atoms with Gasteiger partial charge in [0, 0.05) is 24.2 Å². The van der Waals surface area contributed by atoms with Crippen molar-refractivity contribution in [2.45, 2.75) is 45.4 Å². The van der Waals surface area contributed by atoms with Gasteiger partial charge < -0.3 is 5.32 Å². The summed E-state index contributed by atoms with van der Waals surface area (Å²) in [6, 6.07) is 7.54. The van der Waals surface area contributed by atoms with Crippen LogP contribution in [-0.2, 0) is 16.0 Å². The molecule has 0 spiro atoms. The Kier molecular flexibility index (Phi) is 4.53. The van der Waals surface area contributed by atoms with Crippen LogP contribution in [0.15, 0.2) is 24.3 Å². The molecule has 2 aromatic rings. The summed E-state index contributed by atoms with van der Waals surface area (Å²) in [5.74, 6) is 1.15. The number of Topliss-reactive ketones (excluding diaryl/α,β-unsaturated/α-hetero) is 1. The highest BCUT2D eigenvalue weighted by molar-refractivity contribution is 5.96. The molecule has 2 bridgehead atoms. The number of tetrazole rings is 1. The second-order valence-corrected chi connectivity index (χ2v) is 7.26. The predicted molar refractivity (Wildman–Crippen MR) is 95.7 cm³/mol. The molecule has 0 aliphatic heterocycles. The summed E-state index contributed by atoms with van der Waals surface area (Å²) < 4.78 is 1.66. The average molecular weight is 353 g/mol. The van der Waals surface area contributed by atoms with Crippen LogP contribution in [0.4, 0.5) is 5.69 Å². The van der Waals surface area contributed by atoms with Crippen molar-refractivity contribution >= 4 is 17.4 Å². The molecule has 2 atom stereocenters. The van der Waals surface area contributed by atoms with E-state index in [2.05, 4.69) is 20.8 Å². The number of anilines is 1. The normalized spacial score (nSPS) is 25.1. The van der Waals surface area contributed by atoms with Gasteiger partial charge >= 0.3 is 0 Å². The Balaban J connectivity index is 1.55. The van der Waals surface area contributed by atoms with Crippen molar-refractivity contribution in [1.82, 2.24) is 20.2 Å². The molecule has 1 amide bonds. The molecule has 4 rings (SSSR count). The van der Waals surface area contributed by atoms with E-state index < -0.39 is 0 Å². The number of ketones is 1. The third kappa shape index (κ3) is 3.02. The molecule has 1 aromatic carbocycles. The zero-order chi connectivity index (χ0) is 18.1. The first-order valence-electron chi connectivity index (χ1n) is 9.38. The summed E-state index contributed by atoms with van der Waals surface area (Å²) in [7, 11) is 0. The minimum atomic E-state index is -0.101. The number of amides is 1. The zero-order valence-corrected chi connectivity index (χ0v) is 14.9. The lowest BCUT2D eigenvalue weighted by Gasteiger charge is -2.37. The fraction of sp³-hybridized carbons (Fsp3) is 0.526. The maximum absolute atomic E-state index is 12.9. The fourth-order valence-electron chi connectivity index (χ4n) is 4.31. The van der Waals surface area contributed by atoms with Crippen LogP contribution in [0.1, 0.15) is 44.9 Å². The molecule has 26 heavy (non-hydrogen) atoms. The molecule has 7 nitrogen and oxygen atoms in total.